The molecular weight excluding hydrogens is 184 g/mol. The van der Waals surface area contributed by atoms with E-state index in [1.54, 1.807) is 0 Å². The molecule has 0 saturated carbocycles. The van der Waals surface area contributed by atoms with Crippen LogP contribution in [-0.2, 0) is 6.42 Å². The number of aromatic nitrogens is 4. The molecule has 2 aromatic rings. The summed E-state index contributed by atoms with van der Waals surface area (Å²) in [6.07, 6.45) is 0.706. The zero-order chi connectivity index (χ0) is 9.10. The standard InChI is InChI=1S/C8H8N4S/c13-12-8(9-10-11-12)6-7-4-2-1-3-5-7/h1-5,13H,6H2. The second-order valence-electron chi connectivity index (χ2n) is 2.65. The molecule has 0 aliphatic heterocycles. The van der Waals surface area contributed by atoms with Gasteiger partial charge in [0, 0.05) is 6.42 Å². The average molecular weight is 192 g/mol. The molecule has 0 aliphatic carbocycles. The number of rotatable bonds is 2. The molecule has 0 unspecified atom stereocenters. The Hall–Kier alpha value is -1.36. The minimum Gasteiger partial charge on any atom is -0.173 e. The molecule has 0 saturated heterocycles. The van der Waals surface area contributed by atoms with Crippen molar-refractivity contribution in [2.75, 3.05) is 0 Å². The van der Waals surface area contributed by atoms with E-state index in [1.165, 1.54) is 9.65 Å². The fourth-order valence-electron chi connectivity index (χ4n) is 1.09. The zero-order valence-corrected chi connectivity index (χ0v) is 7.72. The van der Waals surface area contributed by atoms with Gasteiger partial charge in [0.15, 0.2) is 5.82 Å². The molecule has 66 valence electrons. The number of thiol groups is 1. The molecule has 1 heterocycles. The molecule has 0 bridgehead atoms. The average Bonchev–Trinajstić information content (AvgIpc) is 2.54. The summed E-state index contributed by atoms with van der Waals surface area (Å²) in [4.78, 5) is 0. The first kappa shape index (κ1) is 8.25. The number of benzene rings is 1. The van der Waals surface area contributed by atoms with E-state index in [-0.39, 0.29) is 0 Å². The lowest BCUT2D eigenvalue weighted by Gasteiger charge is -1.97. The number of tetrazole rings is 1. The van der Waals surface area contributed by atoms with Crippen LogP contribution in [0.3, 0.4) is 0 Å². The van der Waals surface area contributed by atoms with E-state index >= 15 is 0 Å². The lowest BCUT2D eigenvalue weighted by atomic mass is 10.1. The van der Waals surface area contributed by atoms with Crippen LogP contribution in [0.25, 0.3) is 0 Å². The summed E-state index contributed by atoms with van der Waals surface area (Å²) >= 11 is 4.06. The van der Waals surface area contributed by atoms with Gasteiger partial charge in [-0.25, -0.2) is 0 Å². The topological polar surface area (TPSA) is 43.6 Å². The normalized spacial score (nSPS) is 10.2. The highest BCUT2D eigenvalue weighted by Gasteiger charge is 2.02. The molecular formula is C8H8N4S. The van der Waals surface area contributed by atoms with Crippen LogP contribution in [0.4, 0.5) is 0 Å². The van der Waals surface area contributed by atoms with Gasteiger partial charge in [0.25, 0.3) is 0 Å². The molecule has 0 fully saturated rings. The Bertz CT molecular complexity index is 384. The molecule has 13 heavy (non-hydrogen) atoms. The van der Waals surface area contributed by atoms with Crippen LogP contribution in [0.2, 0.25) is 0 Å². The summed E-state index contributed by atoms with van der Waals surface area (Å²) in [5.41, 5.74) is 1.17. The lowest BCUT2D eigenvalue weighted by Crippen LogP contribution is -1.95. The molecule has 0 atom stereocenters. The van der Waals surface area contributed by atoms with Gasteiger partial charge in [0.05, 0.1) is 0 Å². The van der Waals surface area contributed by atoms with Crippen LogP contribution in [0.5, 0.6) is 0 Å². The van der Waals surface area contributed by atoms with Gasteiger partial charge in [-0.3, -0.25) is 0 Å². The fraction of sp³-hybridized carbons (Fsp3) is 0.125. The maximum Gasteiger partial charge on any atom is 0.167 e. The molecule has 0 N–H and O–H groups in total. The van der Waals surface area contributed by atoms with Crippen LogP contribution < -0.4 is 0 Å². The second-order valence-corrected chi connectivity index (χ2v) is 3.03. The molecule has 4 nitrogen and oxygen atoms in total. The van der Waals surface area contributed by atoms with E-state index in [1.807, 2.05) is 30.3 Å². The molecule has 1 aromatic carbocycles. The Labute approximate surface area is 81.1 Å². The van der Waals surface area contributed by atoms with Crippen LogP contribution in [0, 0.1) is 0 Å². The molecule has 0 amide bonds. The maximum absolute atomic E-state index is 4.06. The molecule has 5 heteroatoms. The van der Waals surface area contributed by atoms with Crippen molar-refractivity contribution < 1.29 is 0 Å². The van der Waals surface area contributed by atoms with Gasteiger partial charge in [-0.15, -0.1) is 5.10 Å². The van der Waals surface area contributed by atoms with Crippen molar-refractivity contribution in [3.63, 3.8) is 0 Å². The highest BCUT2D eigenvalue weighted by Crippen LogP contribution is 2.05. The molecule has 2 rings (SSSR count). The Morgan fingerprint density at radius 3 is 2.62 bits per heavy atom. The maximum atomic E-state index is 4.06. The van der Waals surface area contributed by atoms with Gasteiger partial charge in [-0.2, -0.15) is 4.09 Å². The molecule has 0 aliphatic rings. The zero-order valence-electron chi connectivity index (χ0n) is 6.83. The largest absolute Gasteiger partial charge is 0.173 e. The van der Waals surface area contributed by atoms with Crippen molar-refractivity contribution in [3.05, 3.63) is 41.7 Å². The van der Waals surface area contributed by atoms with E-state index in [9.17, 15) is 0 Å². The summed E-state index contributed by atoms with van der Waals surface area (Å²) < 4.78 is 1.38. The summed E-state index contributed by atoms with van der Waals surface area (Å²) in [7, 11) is 0. The minimum absolute atomic E-state index is 0.706. The third-order valence-corrected chi connectivity index (χ3v) is 2.03. The monoisotopic (exact) mass is 192 g/mol. The van der Waals surface area contributed by atoms with Gasteiger partial charge >= 0.3 is 0 Å². The Morgan fingerprint density at radius 2 is 2.00 bits per heavy atom. The SMILES string of the molecule is Sn1nnnc1Cc1ccccc1. The van der Waals surface area contributed by atoms with E-state index in [2.05, 4.69) is 28.3 Å². The Morgan fingerprint density at radius 1 is 1.23 bits per heavy atom. The minimum atomic E-state index is 0.706. The summed E-state index contributed by atoms with van der Waals surface area (Å²) in [5.74, 6) is 0.745. The second kappa shape index (κ2) is 3.57. The summed E-state index contributed by atoms with van der Waals surface area (Å²) in [6, 6.07) is 10.0. The van der Waals surface area contributed by atoms with E-state index in [4.69, 9.17) is 0 Å². The Balaban J connectivity index is 2.20. The van der Waals surface area contributed by atoms with Gasteiger partial charge in [-0.1, -0.05) is 30.3 Å². The number of hydrogen-bond acceptors (Lipinski definition) is 4. The van der Waals surface area contributed by atoms with Crippen molar-refractivity contribution >= 4 is 12.8 Å². The first-order chi connectivity index (χ1) is 6.36. The third-order valence-electron chi connectivity index (χ3n) is 1.72. The highest BCUT2D eigenvalue weighted by molar-refractivity contribution is 7.78. The van der Waals surface area contributed by atoms with Crippen LogP contribution in [-0.4, -0.2) is 19.6 Å². The van der Waals surface area contributed by atoms with Crippen molar-refractivity contribution in [1.82, 2.24) is 19.6 Å². The molecule has 0 radical (unpaired) electrons. The lowest BCUT2D eigenvalue weighted by molar-refractivity contribution is 0.853. The van der Waals surface area contributed by atoms with E-state index < -0.39 is 0 Å². The van der Waals surface area contributed by atoms with Crippen molar-refractivity contribution in [1.29, 1.82) is 0 Å². The van der Waals surface area contributed by atoms with E-state index in [0.717, 1.165) is 5.82 Å². The molecule has 1 aromatic heterocycles. The number of hydrogen-bond donors (Lipinski definition) is 1. The number of nitrogens with zero attached hydrogens (tertiary/aromatic N) is 4. The quantitative estimate of drug-likeness (QED) is 0.721. The smallest absolute Gasteiger partial charge is 0.167 e. The van der Waals surface area contributed by atoms with Gasteiger partial charge in [-0.05, 0) is 28.8 Å². The van der Waals surface area contributed by atoms with Gasteiger partial charge < -0.3 is 0 Å². The van der Waals surface area contributed by atoms with Gasteiger partial charge in [0.2, 0.25) is 0 Å². The third kappa shape index (κ3) is 1.86. The predicted octanol–water partition coefficient (Wildman–Crippen LogP) is 0.957. The summed E-state index contributed by atoms with van der Waals surface area (Å²) in [5, 5.41) is 11.0. The van der Waals surface area contributed by atoms with Crippen molar-refractivity contribution in [3.8, 4) is 0 Å². The highest BCUT2D eigenvalue weighted by atomic mass is 32.1. The van der Waals surface area contributed by atoms with Crippen molar-refractivity contribution in [2.45, 2.75) is 6.42 Å². The fourth-order valence-corrected chi connectivity index (χ4v) is 1.23. The van der Waals surface area contributed by atoms with Crippen molar-refractivity contribution in [2.24, 2.45) is 0 Å². The molecule has 0 spiro atoms. The van der Waals surface area contributed by atoms with Crippen LogP contribution >= 0.6 is 12.8 Å². The first-order valence-corrected chi connectivity index (χ1v) is 4.27. The van der Waals surface area contributed by atoms with Crippen LogP contribution in [0.15, 0.2) is 30.3 Å². The van der Waals surface area contributed by atoms with E-state index in [0.29, 0.717) is 6.42 Å². The van der Waals surface area contributed by atoms with Gasteiger partial charge in [0.1, 0.15) is 0 Å². The van der Waals surface area contributed by atoms with Crippen LogP contribution in [0.1, 0.15) is 11.4 Å². The predicted molar refractivity (Wildman–Crippen MR) is 51.4 cm³/mol. The first-order valence-electron chi connectivity index (χ1n) is 3.87. The Kier molecular flexibility index (Phi) is 2.27. The summed E-state index contributed by atoms with van der Waals surface area (Å²) in [6.45, 7) is 0.